The van der Waals surface area contributed by atoms with Gasteiger partial charge in [0.25, 0.3) is 0 Å². The molecule has 2 aromatic rings. The van der Waals surface area contributed by atoms with Crippen LogP contribution in [0.15, 0.2) is 34.8 Å². The fourth-order valence-corrected chi connectivity index (χ4v) is 4.11. The lowest BCUT2D eigenvalue weighted by Gasteiger charge is -2.31. The Hall–Kier alpha value is -0.550. The highest BCUT2D eigenvalue weighted by Crippen LogP contribution is 2.38. The van der Waals surface area contributed by atoms with Gasteiger partial charge in [0, 0.05) is 28.1 Å². The van der Waals surface area contributed by atoms with Crippen molar-refractivity contribution in [3.63, 3.8) is 0 Å². The van der Waals surface area contributed by atoms with Gasteiger partial charge in [0.1, 0.15) is 4.34 Å². The fourth-order valence-electron chi connectivity index (χ4n) is 2.24. The molecular weight excluding hydrogens is 356 g/mol. The number of nitrogens with zero attached hydrogens (tertiary/aromatic N) is 1. The SMILES string of the molecule is CCN(c1ccc(C)cc1)C(CN)c1cc(Br)c(Cl)s1. The van der Waals surface area contributed by atoms with E-state index >= 15 is 0 Å². The van der Waals surface area contributed by atoms with Crippen LogP contribution in [0.4, 0.5) is 5.69 Å². The highest BCUT2D eigenvalue weighted by atomic mass is 79.9. The maximum absolute atomic E-state index is 6.16. The average molecular weight is 374 g/mol. The van der Waals surface area contributed by atoms with Gasteiger partial charge in [0.05, 0.1) is 6.04 Å². The quantitative estimate of drug-likeness (QED) is 0.799. The molecule has 1 atom stereocenters. The van der Waals surface area contributed by atoms with Gasteiger partial charge in [0.15, 0.2) is 0 Å². The number of thiophene rings is 1. The van der Waals surface area contributed by atoms with E-state index in [0.717, 1.165) is 15.4 Å². The summed E-state index contributed by atoms with van der Waals surface area (Å²) in [7, 11) is 0. The van der Waals surface area contributed by atoms with Gasteiger partial charge in [-0.3, -0.25) is 0 Å². The van der Waals surface area contributed by atoms with Gasteiger partial charge in [-0.25, -0.2) is 0 Å². The van der Waals surface area contributed by atoms with Gasteiger partial charge in [-0.1, -0.05) is 29.3 Å². The molecule has 1 aromatic heterocycles. The number of benzene rings is 1. The van der Waals surface area contributed by atoms with Crippen molar-refractivity contribution in [3.8, 4) is 0 Å². The van der Waals surface area contributed by atoms with Gasteiger partial charge in [-0.05, 0) is 48.0 Å². The Labute approximate surface area is 137 Å². The fraction of sp³-hybridized carbons (Fsp3) is 0.333. The Kier molecular flexibility index (Phi) is 5.49. The number of aryl methyl sites for hydroxylation is 1. The van der Waals surface area contributed by atoms with Crippen LogP contribution in [0.2, 0.25) is 4.34 Å². The first-order valence-electron chi connectivity index (χ1n) is 6.55. The third-order valence-corrected chi connectivity index (χ3v) is 5.87. The number of rotatable bonds is 5. The van der Waals surface area contributed by atoms with Crippen molar-refractivity contribution < 1.29 is 0 Å². The Balaban J connectivity index is 2.34. The van der Waals surface area contributed by atoms with Crippen LogP contribution in [0.25, 0.3) is 0 Å². The number of nitrogens with two attached hydrogens (primary N) is 1. The molecule has 2 N–H and O–H groups in total. The number of likely N-dealkylation sites (N-methyl/N-ethyl adjacent to an activating group) is 1. The molecular formula is C15H18BrClN2S. The molecule has 20 heavy (non-hydrogen) atoms. The summed E-state index contributed by atoms with van der Waals surface area (Å²) in [4.78, 5) is 3.50. The molecule has 0 fully saturated rings. The molecule has 1 heterocycles. The zero-order chi connectivity index (χ0) is 14.7. The lowest BCUT2D eigenvalue weighted by molar-refractivity contribution is 0.653. The molecule has 1 aromatic carbocycles. The van der Waals surface area contributed by atoms with E-state index in [1.54, 1.807) is 11.3 Å². The Morgan fingerprint density at radius 2 is 2.00 bits per heavy atom. The van der Waals surface area contributed by atoms with Crippen molar-refractivity contribution in [2.75, 3.05) is 18.0 Å². The number of anilines is 1. The zero-order valence-electron chi connectivity index (χ0n) is 11.6. The first-order chi connectivity index (χ1) is 9.56. The van der Waals surface area contributed by atoms with Crippen molar-refractivity contribution in [3.05, 3.63) is 49.6 Å². The highest BCUT2D eigenvalue weighted by molar-refractivity contribution is 9.10. The average Bonchev–Trinajstić information content (AvgIpc) is 2.77. The van der Waals surface area contributed by atoms with Crippen LogP contribution in [-0.2, 0) is 0 Å². The van der Waals surface area contributed by atoms with Crippen molar-refractivity contribution in [1.82, 2.24) is 0 Å². The topological polar surface area (TPSA) is 29.3 Å². The summed E-state index contributed by atoms with van der Waals surface area (Å²) in [5.41, 5.74) is 8.46. The molecule has 0 bridgehead atoms. The lowest BCUT2D eigenvalue weighted by Crippen LogP contribution is -2.33. The Bertz CT molecular complexity index is 548. The highest BCUT2D eigenvalue weighted by Gasteiger charge is 2.21. The minimum atomic E-state index is 0.150. The van der Waals surface area contributed by atoms with E-state index in [0.29, 0.717) is 6.54 Å². The molecule has 2 nitrogen and oxygen atoms in total. The van der Waals surface area contributed by atoms with E-state index in [9.17, 15) is 0 Å². The molecule has 0 aliphatic heterocycles. The summed E-state index contributed by atoms with van der Waals surface area (Å²) < 4.78 is 1.72. The second-order valence-electron chi connectivity index (χ2n) is 4.64. The predicted octanol–water partition coefficient (Wildman–Crippen LogP) is 5.00. The molecule has 0 aliphatic rings. The van der Waals surface area contributed by atoms with Crippen LogP contribution in [0.3, 0.4) is 0 Å². The molecule has 0 saturated heterocycles. The molecule has 1 unspecified atom stereocenters. The van der Waals surface area contributed by atoms with Crippen LogP contribution in [0.1, 0.15) is 23.4 Å². The molecule has 5 heteroatoms. The molecule has 2 rings (SSSR count). The van der Waals surface area contributed by atoms with Crippen molar-refractivity contribution in [1.29, 1.82) is 0 Å². The van der Waals surface area contributed by atoms with Gasteiger partial charge < -0.3 is 10.6 Å². The summed E-state index contributed by atoms with van der Waals surface area (Å²) in [5.74, 6) is 0. The maximum atomic E-state index is 6.16. The number of hydrogen-bond acceptors (Lipinski definition) is 3. The standard InChI is InChI=1S/C15H18BrClN2S/c1-3-19(11-6-4-10(2)5-7-11)13(9-18)14-8-12(16)15(17)20-14/h4-8,13H,3,9,18H2,1-2H3. The summed E-state index contributed by atoms with van der Waals surface area (Å²) in [6.45, 7) is 5.70. The second-order valence-corrected chi connectivity index (χ2v) is 7.18. The third-order valence-electron chi connectivity index (χ3n) is 3.30. The molecule has 0 amide bonds. The van der Waals surface area contributed by atoms with Crippen LogP contribution in [-0.4, -0.2) is 13.1 Å². The molecule has 108 valence electrons. The summed E-state index contributed by atoms with van der Waals surface area (Å²) in [6, 6.07) is 10.8. The van der Waals surface area contributed by atoms with Crippen molar-refractivity contribution >= 4 is 44.6 Å². The first-order valence-corrected chi connectivity index (χ1v) is 8.53. The predicted molar refractivity (Wildman–Crippen MR) is 93.0 cm³/mol. The molecule has 0 spiro atoms. The largest absolute Gasteiger partial charge is 0.363 e. The smallest absolute Gasteiger partial charge is 0.107 e. The first kappa shape index (κ1) is 15.8. The van der Waals surface area contributed by atoms with Crippen LogP contribution in [0, 0.1) is 6.92 Å². The third kappa shape index (κ3) is 3.37. The number of halogens is 2. The van der Waals surface area contributed by atoms with Crippen molar-refractivity contribution in [2.24, 2.45) is 5.73 Å². The molecule has 0 aliphatic carbocycles. The van der Waals surface area contributed by atoms with Crippen LogP contribution in [0.5, 0.6) is 0 Å². The van der Waals surface area contributed by atoms with Crippen LogP contribution >= 0.6 is 38.9 Å². The van der Waals surface area contributed by atoms with E-state index < -0.39 is 0 Å². The maximum Gasteiger partial charge on any atom is 0.107 e. The van der Waals surface area contributed by atoms with Gasteiger partial charge in [-0.15, -0.1) is 11.3 Å². The minimum absolute atomic E-state index is 0.150. The van der Waals surface area contributed by atoms with E-state index in [4.69, 9.17) is 17.3 Å². The Morgan fingerprint density at radius 3 is 2.45 bits per heavy atom. The van der Waals surface area contributed by atoms with Crippen molar-refractivity contribution in [2.45, 2.75) is 19.9 Å². The monoisotopic (exact) mass is 372 g/mol. The lowest BCUT2D eigenvalue weighted by atomic mass is 10.1. The van der Waals surface area contributed by atoms with Gasteiger partial charge in [0.2, 0.25) is 0 Å². The van der Waals surface area contributed by atoms with Crippen LogP contribution < -0.4 is 10.6 Å². The van der Waals surface area contributed by atoms with E-state index in [2.05, 4.69) is 65.0 Å². The second kappa shape index (κ2) is 6.94. The van der Waals surface area contributed by atoms with E-state index in [1.165, 1.54) is 16.1 Å². The summed E-state index contributed by atoms with van der Waals surface area (Å²) in [5, 5.41) is 0. The van der Waals surface area contributed by atoms with E-state index in [1.807, 2.05) is 0 Å². The van der Waals surface area contributed by atoms with Gasteiger partial charge in [-0.2, -0.15) is 0 Å². The zero-order valence-corrected chi connectivity index (χ0v) is 14.7. The van der Waals surface area contributed by atoms with E-state index in [-0.39, 0.29) is 6.04 Å². The molecule has 0 radical (unpaired) electrons. The summed E-state index contributed by atoms with van der Waals surface area (Å²) in [6.07, 6.45) is 0. The van der Waals surface area contributed by atoms with Gasteiger partial charge >= 0.3 is 0 Å². The molecule has 0 saturated carbocycles. The summed E-state index contributed by atoms with van der Waals surface area (Å²) >= 11 is 11.2. The normalized spacial score (nSPS) is 12.4. The minimum Gasteiger partial charge on any atom is -0.363 e. The Morgan fingerprint density at radius 1 is 1.35 bits per heavy atom. The number of hydrogen-bond donors (Lipinski definition) is 1.